The van der Waals surface area contributed by atoms with Gasteiger partial charge in [-0.25, -0.2) is 4.39 Å². The SMILES string of the molecule is CCNCc1c(F)cccc1N1CC(C)CC(C)C1. The third-order valence-electron chi connectivity index (χ3n) is 3.86. The van der Waals surface area contributed by atoms with Crippen LogP contribution in [-0.4, -0.2) is 19.6 Å². The molecule has 0 aliphatic carbocycles. The molecule has 1 aromatic carbocycles. The molecule has 106 valence electrons. The van der Waals surface area contributed by atoms with Crippen molar-refractivity contribution < 1.29 is 4.39 Å². The predicted octanol–water partition coefficient (Wildman–Crippen LogP) is 3.42. The zero-order chi connectivity index (χ0) is 13.8. The van der Waals surface area contributed by atoms with Crippen molar-refractivity contribution >= 4 is 5.69 Å². The van der Waals surface area contributed by atoms with E-state index in [9.17, 15) is 4.39 Å². The molecule has 1 saturated heterocycles. The second-order valence-corrected chi connectivity index (χ2v) is 5.87. The lowest BCUT2D eigenvalue weighted by molar-refractivity contribution is 0.356. The molecule has 1 fully saturated rings. The van der Waals surface area contributed by atoms with E-state index < -0.39 is 0 Å². The van der Waals surface area contributed by atoms with Gasteiger partial charge in [-0.2, -0.15) is 0 Å². The van der Waals surface area contributed by atoms with Gasteiger partial charge in [0, 0.05) is 30.9 Å². The third-order valence-corrected chi connectivity index (χ3v) is 3.86. The van der Waals surface area contributed by atoms with Gasteiger partial charge >= 0.3 is 0 Å². The lowest BCUT2D eigenvalue weighted by Crippen LogP contribution is -2.39. The lowest BCUT2D eigenvalue weighted by Gasteiger charge is -2.37. The molecule has 1 heterocycles. The highest BCUT2D eigenvalue weighted by atomic mass is 19.1. The first-order chi connectivity index (χ1) is 9.11. The zero-order valence-electron chi connectivity index (χ0n) is 12.2. The van der Waals surface area contributed by atoms with Crippen molar-refractivity contribution in [2.24, 2.45) is 11.8 Å². The molecule has 0 radical (unpaired) electrons. The summed E-state index contributed by atoms with van der Waals surface area (Å²) in [6.07, 6.45) is 1.27. The number of piperidine rings is 1. The minimum absolute atomic E-state index is 0.0932. The highest BCUT2D eigenvalue weighted by Crippen LogP contribution is 2.30. The first kappa shape index (κ1) is 14.3. The molecular formula is C16H25FN2. The van der Waals surface area contributed by atoms with Crippen LogP contribution in [0.3, 0.4) is 0 Å². The first-order valence-electron chi connectivity index (χ1n) is 7.34. The van der Waals surface area contributed by atoms with Crippen LogP contribution in [0.2, 0.25) is 0 Å². The summed E-state index contributed by atoms with van der Waals surface area (Å²) in [4.78, 5) is 2.36. The van der Waals surface area contributed by atoms with E-state index in [0.717, 1.165) is 30.9 Å². The van der Waals surface area contributed by atoms with Crippen LogP contribution in [-0.2, 0) is 6.54 Å². The molecule has 2 nitrogen and oxygen atoms in total. The molecule has 1 N–H and O–H groups in total. The standard InChI is InChI=1S/C16H25FN2/c1-4-18-9-14-15(17)6-5-7-16(14)19-10-12(2)8-13(3)11-19/h5-7,12-13,18H,4,8-11H2,1-3H3. The molecule has 2 rings (SSSR count). The molecule has 1 aromatic rings. The van der Waals surface area contributed by atoms with Gasteiger partial charge in [-0.3, -0.25) is 0 Å². The summed E-state index contributed by atoms with van der Waals surface area (Å²) in [5.74, 6) is 1.27. The van der Waals surface area contributed by atoms with Gasteiger partial charge in [-0.1, -0.05) is 26.8 Å². The largest absolute Gasteiger partial charge is 0.371 e. The van der Waals surface area contributed by atoms with Crippen molar-refractivity contribution in [1.82, 2.24) is 5.32 Å². The van der Waals surface area contributed by atoms with E-state index in [0.29, 0.717) is 18.4 Å². The fraction of sp³-hybridized carbons (Fsp3) is 0.625. The summed E-state index contributed by atoms with van der Waals surface area (Å²) in [5, 5.41) is 3.24. The number of hydrogen-bond acceptors (Lipinski definition) is 2. The van der Waals surface area contributed by atoms with Gasteiger partial charge in [-0.15, -0.1) is 0 Å². The highest BCUT2D eigenvalue weighted by Gasteiger charge is 2.24. The van der Waals surface area contributed by atoms with Gasteiger partial charge < -0.3 is 10.2 Å². The van der Waals surface area contributed by atoms with Crippen molar-refractivity contribution in [3.05, 3.63) is 29.6 Å². The number of nitrogens with zero attached hydrogens (tertiary/aromatic N) is 1. The molecule has 0 spiro atoms. The van der Waals surface area contributed by atoms with Crippen molar-refractivity contribution in [1.29, 1.82) is 0 Å². The van der Waals surface area contributed by atoms with Crippen molar-refractivity contribution in [2.75, 3.05) is 24.5 Å². The molecule has 3 heteroatoms. The Balaban J connectivity index is 2.25. The van der Waals surface area contributed by atoms with Crippen molar-refractivity contribution in [3.63, 3.8) is 0 Å². The van der Waals surface area contributed by atoms with E-state index in [2.05, 4.69) is 30.1 Å². The van der Waals surface area contributed by atoms with Gasteiger partial charge in [0.2, 0.25) is 0 Å². The summed E-state index contributed by atoms with van der Waals surface area (Å²) >= 11 is 0. The topological polar surface area (TPSA) is 15.3 Å². The smallest absolute Gasteiger partial charge is 0.129 e. The van der Waals surface area contributed by atoms with Crippen LogP contribution in [0.4, 0.5) is 10.1 Å². The van der Waals surface area contributed by atoms with Crippen molar-refractivity contribution in [3.8, 4) is 0 Å². The van der Waals surface area contributed by atoms with Crippen LogP contribution < -0.4 is 10.2 Å². The highest BCUT2D eigenvalue weighted by molar-refractivity contribution is 5.54. The van der Waals surface area contributed by atoms with Gasteiger partial charge in [0.25, 0.3) is 0 Å². The van der Waals surface area contributed by atoms with Crippen LogP contribution in [0.1, 0.15) is 32.8 Å². The molecule has 0 amide bonds. The van der Waals surface area contributed by atoms with E-state index in [4.69, 9.17) is 0 Å². The molecule has 2 unspecified atom stereocenters. The Morgan fingerprint density at radius 2 is 1.95 bits per heavy atom. The molecule has 0 saturated carbocycles. The van der Waals surface area contributed by atoms with E-state index >= 15 is 0 Å². The van der Waals surface area contributed by atoms with Gasteiger partial charge in [0.1, 0.15) is 5.82 Å². The van der Waals surface area contributed by atoms with Crippen LogP contribution in [0.15, 0.2) is 18.2 Å². The molecular weight excluding hydrogens is 239 g/mol. The van der Waals surface area contributed by atoms with Gasteiger partial charge in [0.15, 0.2) is 0 Å². The minimum Gasteiger partial charge on any atom is -0.371 e. The zero-order valence-corrected chi connectivity index (χ0v) is 12.2. The number of hydrogen-bond donors (Lipinski definition) is 1. The fourth-order valence-electron chi connectivity index (χ4n) is 3.13. The Kier molecular flexibility index (Phi) is 4.81. The summed E-state index contributed by atoms with van der Waals surface area (Å²) in [7, 11) is 0. The fourth-order valence-corrected chi connectivity index (χ4v) is 3.13. The molecule has 0 bridgehead atoms. The maximum Gasteiger partial charge on any atom is 0.129 e. The Morgan fingerprint density at radius 1 is 1.26 bits per heavy atom. The Morgan fingerprint density at radius 3 is 2.58 bits per heavy atom. The molecule has 2 atom stereocenters. The normalized spacial score (nSPS) is 23.7. The molecule has 1 aliphatic heterocycles. The number of nitrogens with one attached hydrogen (secondary N) is 1. The number of halogens is 1. The number of anilines is 1. The maximum atomic E-state index is 14.1. The van der Waals surface area contributed by atoms with Crippen LogP contribution >= 0.6 is 0 Å². The second-order valence-electron chi connectivity index (χ2n) is 5.87. The first-order valence-corrected chi connectivity index (χ1v) is 7.34. The summed E-state index contributed by atoms with van der Waals surface area (Å²) in [6, 6.07) is 5.44. The number of benzene rings is 1. The average molecular weight is 264 g/mol. The molecule has 1 aliphatic rings. The van der Waals surface area contributed by atoms with Crippen LogP contribution in [0.25, 0.3) is 0 Å². The summed E-state index contributed by atoms with van der Waals surface area (Å²) in [6.45, 7) is 10.2. The van der Waals surface area contributed by atoms with Crippen molar-refractivity contribution in [2.45, 2.75) is 33.7 Å². The van der Waals surface area contributed by atoms with E-state index in [1.165, 1.54) is 6.42 Å². The van der Waals surface area contributed by atoms with Gasteiger partial charge in [-0.05, 0) is 36.9 Å². The van der Waals surface area contributed by atoms with E-state index in [1.807, 2.05) is 13.0 Å². The van der Waals surface area contributed by atoms with E-state index in [1.54, 1.807) is 6.07 Å². The summed E-state index contributed by atoms with van der Waals surface area (Å²) < 4.78 is 14.1. The maximum absolute atomic E-state index is 14.1. The number of rotatable bonds is 4. The monoisotopic (exact) mass is 264 g/mol. The minimum atomic E-state index is -0.0932. The predicted molar refractivity (Wildman–Crippen MR) is 78.9 cm³/mol. The third kappa shape index (κ3) is 3.47. The average Bonchev–Trinajstić information content (AvgIpc) is 2.36. The quantitative estimate of drug-likeness (QED) is 0.896. The Labute approximate surface area is 116 Å². The van der Waals surface area contributed by atoms with Crippen LogP contribution in [0.5, 0.6) is 0 Å². The molecule has 19 heavy (non-hydrogen) atoms. The lowest BCUT2D eigenvalue weighted by atomic mass is 9.91. The Bertz CT molecular complexity index is 409. The second kappa shape index (κ2) is 6.38. The van der Waals surface area contributed by atoms with Gasteiger partial charge in [0.05, 0.1) is 0 Å². The summed E-state index contributed by atoms with van der Waals surface area (Å²) in [5.41, 5.74) is 1.88. The van der Waals surface area contributed by atoms with Crippen LogP contribution in [0, 0.1) is 17.7 Å². The molecule has 0 aromatic heterocycles. The van der Waals surface area contributed by atoms with E-state index in [-0.39, 0.29) is 5.82 Å². The Hall–Kier alpha value is -1.09.